The van der Waals surface area contributed by atoms with Crippen LogP contribution in [-0.2, 0) is 5.88 Å². The molecular formula is C11H9Cl2N3OS. The summed E-state index contributed by atoms with van der Waals surface area (Å²) in [6.07, 6.45) is 0. The van der Waals surface area contributed by atoms with Gasteiger partial charge in [0.1, 0.15) is 0 Å². The van der Waals surface area contributed by atoms with Gasteiger partial charge in [-0.15, -0.1) is 22.9 Å². The van der Waals surface area contributed by atoms with Crippen LogP contribution >= 0.6 is 34.5 Å². The summed E-state index contributed by atoms with van der Waals surface area (Å²) in [6, 6.07) is 6.81. The van der Waals surface area contributed by atoms with Crippen molar-refractivity contribution >= 4 is 45.6 Å². The topological polar surface area (TPSA) is 54.0 Å². The Bertz CT molecular complexity index is 559. The zero-order valence-corrected chi connectivity index (χ0v) is 11.4. The third-order valence-corrected chi connectivity index (χ3v) is 3.50. The molecule has 4 nitrogen and oxygen atoms in total. The van der Waals surface area contributed by atoms with Gasteiger partial charge in [-0.2, -0.15) is 0 Å². The van der Waals surface area contributed by atoms with Gasteiger partial charge in [0.15, 0.2) is 0 Å². The standard InChI is InChI=1S/C11H9Cl2N3OS/c12-5-7-6-18-11(14-7)16-15-10(17)8-3-1-2-4-9(8)13/h1-4,6H,5H2,(H,14,16)(H,15,17). The molecule has 94 valence electrons. The summed E-state index contributed by atoms with van der Waals surface area (Å²) in [6.45, 7) is 0. The number of carbonyl (C=O) groups is 1. The molecule has 2 aromatic rings. The van der Waals surface area contributed by atoms with Gasteiger partial charge in [-0.05, 0) is 12.1 Å². The number of carbonyl (C=O) groups excluding carboxylic acids is 1. The molecule has 7 heteroatoms. The third-order valence-electron chi connectivity index (χ3n) is 2.09. The zero-order valence-electron chi connectivity index (χ0n) is 9.11. The molecule has 1 amide bonds. The monoisotopic (exact) mass is 301 g/mol. The first kappa shape index (κ1) is 13.1. The maximum atomic E-state index is 11.8. The quantitative estimate of drug-likeness (QED) is 0.673. The van der Waals surface area contributed by atoms with Crippen LogP contribution in [-0.4, -0.2) is 10.9 Å². The lowest BCUT2D eigenvalue weighted by Crippen LogP contribution is -2.29. The molecule has 0 aliphatic carbocycles. The summed E-state index contributed by atoms with van der Waals surface area (Å²) in [5, 5.41) is 2.79. The van der Waals surface area contributed by atoms with Crippen LogP contribution in [0.5, 0.6) is 0 Å². The van der Waals surface area contributed by atoms with Crippen LogP contribution < -0.4 is 10.9 Å². The highest BCUT2D eigenvalue weighted by atomic mass is 35.5. The first-order valence-electron chi connectivity index (χ1n) is 5.02. The molecule has 0 radical (unpaired) electrons. The second-order valence-electron chi connectivity index (χ2n) is 3.34. The molecule has 18 heavy (non-hydrogen) atoms. The Morgan fingerprint density at radius 1 is 1.39 bits per heavy atom. The fourth-order valence-corrected chi connectivity index (χ4v) is 2.36. The minimum Gasteiger partial charge on any atom is -0.273 e. The highest BCUT2D eigenvalue weighted by Gasteiger charge is 2.09. The molecule has 0 unspecified atom stereocenters. The van der Waals surface area contributed by atoms with Crippen molar-refractivity contribution in [2.45, 2.75) is 5.88 Å². The van der Waals surface area contributed by atoms with E-state index in [-0.39, 0.29) is 5.91 Å². The number of anilines is 1. The normalized spacial score (nSPS) is 10.1. The van der Waals surface area contributed by atoms with Gasteiger partial charge in [-0.1, -0.05) is 23.7 Å². The van der Waals surface area contributed by atoms with E-state index < -0.39 is 0 Å². The van der Waals surface area contributed by atoms with Crippen LogP contribution in [0, 0.1) is 0 Å². The lowest BCUT2D eigenvalue weighted by Gasteiger charge is -2.06. The van der Waals surface area contributed by atoms with Gasteiger partial charge in [-0.25, -0.2) is 4.98 Å². The lowest BCUT2D eigenvalue weighted by atomic mass is 10.2. The molecule has 0 atom stereocenters. The fourth-order valence-electron chi connectivity index (χ4n) is 1.25. The first-order valence-corrected chi connectivity index (χ1v) is 6.81. The number of nitrogens with zero attached hydrogens (tertiary/aromatic N) is 1. The van der Waals surface area contributed by atoms with Gasteiger partial charge in [0.05, 0.1) is 22.2 Å². The summed E-state index contributed by atoms with van der Waals surface area (Å²) in [5.41, 5.74) is 6.40. The van der Waals surface area contributed by atoms with E-state index in [2.05, 4.69) is 15.8 Å². The number of alkyl halides is 1. The van der Waals surface area contributed by atoms with Gasteiger partial charge >= 0.3 is 0 Å². The van der Waals surface area contributed by atoms with Crippen molar-refractivity contribution < 1.29 is 4.79 Å². The predicted octanol–water partition coefficient (Wildman–Crippen LogP) is 3.29. The number of aromatic nitrogens is 1. The number of thiazole rings is 1. The maximum absolute atomic E-state index is 11.8. The number of hydrogen-bond acceptors (Lipinski definition) is 4. The van der Waals surface area contributed by atoms with E-state index in [1.54, 1.807) is 24.3 Å². The van der Waals surface area contributed by atoms with Crippen molar-refractivity contribution in [1.29, 1.82) is 0 Å². The largest absolute Gasteiger partial charge is 0.273 e. The fraction of sp³-hybridized carbons (Fsp3) is 0.0909. The molecule has 1 aromatic carbocycles. The average molecular weight is 302 g/mol. The SMILES string of the molecule is O=C(NNc1nc(CCl)cs1)c1ccccc1Cl. The van der Waals surface area contributed by atoms with E-state index in [0.29, 0.717) is 21.6 Å². The molecule has 0 aliphatic heterocycles. The Labute approximate surface area is 118 Å². The smallest absolute Gasteiger partial charge is 0.271 e. The number of amides is 1. The minimum atomic E-state index is -0.316. The summed E-state index contributed by atoms with van der Waals surface area (Å²) in [7, 11) is 0. The van der Waals surface area contributed by atoms with Gasteiger partial charge in [0.25, 0.3) is 5.91 Å². The van der Waals surface area contributed by atoms with Crippen LogP contribution in [0.25, 0.3) is 0 Å². The maximum Gasteiger partial charge on any atom is 0.271 e. The molecule has 2 rings (SSSR count). The zero-order chi connectivity index (χ0) is 13.0. The van der Waals surface area contributed by atoms with Gasteiger partial charge in [0, 0.05) is 5.38 Å². The highest BCUT2D eigenvalue weighted by Crippen LogP contribution is 2.17. The Morgan fingerprint density at radius 3 is 2.83 bits per heavy atom. The molecule has 1 aromatic heterocycles. The van der Waals surface area contributed by atoms with Crippen LogP contribution in [0.2, 0.25) is 5.02 Å². The summed E-state index contributed by atoms with van der Waals surface area (Å²) in [5.74, 6) is 0.0274. The van der Waals surface area contributed by atoms with Crippen LogP contribution in [0.15, 0.2) is 29.6 Å². The minimum absolute atomic E-state index is 0.316. The number of rotatable bonds is 4. The molecule has 0 fully saturated rings. The molecule has 0 saturated carbocycles. The van der Waals surface area contributed by atoms with Crippen molar-refractivity contribution in [3.63, 3.8) is 0 Å². The molecular weight excluding hydrogens is 293 g/mol. The van der Waals surface area contributed by atoms with Crippen LogP contribution in [0.1, 0.15) is 16.1 Å². The number of hydrazine groups is 1. The molecule has 0 aliphatic rings. The molecule has 0 saturated heterocycles. The first-order chi connectivity index (χ1) is 8.70. The van der Waals surface area contributed by atoms with Crippen molar-refractivity contribution in [3.8, 4) is 0 Å². The lowest BCUT2D eigenvalue weighted by molar-refractivity contribution is 0.0963. The van der Waals surface area contributed by atoms with Crippen molar-refractivity contribution in [2.75, 3.05) is 5.43 Å². The van der Waals surface area contributed by atoms with Crippen LogP contribution in [0.4, 0.5) is 5.13 Å². The highest BCUT2D eigenvalue weighted by molar-refractivity contribution is 7.13. The van der Waals surface area contributed by atoms with Gasteiger partial charge in [-0.3, -0.25) is 15.6 Å². The number of nitrogens with one attached hydrogen (secondary N) is 2. The van der Waals surface area contributed by atoms with Crippen LogP contribution in [0.3, 0.4) is 0 Å². The average Bonchev–Trinajstić information content (AvgIpc) is 2.84. The van der Waals surface area contributed by atoms with Crippen molar-refractivity contribution in [1.82, 2.24) is 10.4 Å². The Hall–Kier alpha value is -1.30. The summed E-state index contributed by atoms with van der Waals surface area (Å²) >= 11 is 12.9. The number of benzene rings is 1. The predicted molar refractivity (Wildman–Crippen MR) is 74.2 cm³/mol. The molecule has 2 N–H and O–H groups in total. The van der Waals surface area contributed by atoms with E-state index in [4.69, 9.17) is 23.2 Å². The second-order valence-corrected chi connectivity index (χ2v) is 4.87. The van der Waals surface area contributed by atoms with Crippen molar-refractivity contribution in [2.24, 2.45) is 0 Å². The molecule has 0 bridgehead atoms. The van der Waals surface area contributed by atoms with Gasteiger partial charge in [0.2, 0.25) is 5.13 Å². The summed E-state index contributed by atoms with van der Waals surface area (Å²) < 4.78 is 0. The number of halogens is 2. The molecule has 0 spiro atoms. The van der Waals surface area contributed by atoms with E-state index in [0.717, 1.165) is 5.69 Å². The summed E-state index contributed by atoms with van der Waals surface area (Å²) in [4.78, 5) is 16.0. The third kappa shape index (κ3) is 3.13. The molecule has 1 heterocycles. The van der Waals surface area contributed by atoms with E-state index in [9.17, 15) is 4.79 Å². The van der Waals surface area contributed by atoms with Gasteiger partial charge < -0.3 is 0 Å². The second kappa shape index (κ2) is 6.04. The Balaban J connectivity index is 1.98. The van der Waals surface area contributed by atoms with E-state index >= 15 is 0 Å². The number of hydrogen-bond donors (Lipinski definition) is 2. The van der Waals surface area contributed by atoms with E-state index in [1.807, 2.05) is 5.38 Å². The Kier molecular flexibility index (Phi) is 4.41. The van der Waals surface area contributed by atoms with E-state index in [1.165, 1.54) is 11.3 Å². The Morgan fingerprint density at radius 2 is 2.17 bits per heavy atom. The van der Waals surface area contributed by atoms with Crippen molar-refractivity contribution in [3.05, 3.63) is 45.9 Å².